The fourth-order valence-corrected chi connectivity index (χ4v) is 19.4. The number of aromatic amines is 5. The molecule has 712 valence electrons. The standard InChI is InChI=1S/C24H29N3O5.C22H27N3O4.C19H21N3O3.C19H22N2O3.C18H21N3O4/c1-5-14-10-19(22(29)30)21(28)25-20(14)15-6-8-16(9-7-15)26-12-18-11-17(26)13-27(18)23(31)32-24(2,3)4;1-2-15-13-19(22(27)28)21(26)23-20(15)16-3-5-17(6-4-16)25-8-7-18(14-25)24-9-11-29-12-10-24;1-2-11-7-16(19(24)25)18(23)21-17(11)12-3-5-14(6-4-12)22-10-13-8-15(22)9-20-13;1-3-13-11-16(19(23)24)18(22)20-17(13)14-6-8-15(9-7-14)21-10-4-5-12(21)2;1-2-10-7-13(18(24)25)17(23)20-16(10)11-3-5-12(6-4-11)21-8-14(19)15(22)9-21/h6-10,17-18H,5,11-13H2,1-4H3,(H,25,28)(H,29,30);3-6,13,18H,2,7-12,14H2,1H3,(H,23,26)(H,27,28);3-7,13,15,20H,2,8-10H2,1H3,(H,21,23)(H,24,25);6-9,11-12H,3-5,10H2,1-2H3,(H,20,22)(H,23,24);3-7,14-15,22H,2,8-9,19H2,1H3,(H,20,23)(H,24,25)/t;;;;14-,15+/m....0/s1. The number of H-pyrrole nitrogens is 5. The Labute approximate surface area is 780 Å². The van der Waals surface area contributed by atoms with Gasteiger partial charge in [-0.25, -0.2) is 28.8 Å². The third-order valence-corrected chi connectivity index (χ3v) is 26.7. The number of rotatable bonds is 21. The summed E-state index contributed by atoms with van der Waals surface area (Å²) in [5, 5.41) is 59.0. The predicted molar refractivity (Wildman–Crippen MR) is 519 cm³/mol. The first-order chi connectivity index (χ1) is 64.6. The summed E-state index contributed by atoms with van der Waals surface area (Å²) in [7, 11) is 0. The summed E-state index contributed by atoms with van der Waals surface area (Å²) in [6.45, 7) is 28.9. The van der Waals surface area contributed by atoms with Gasteiger partial charge in [0.25, 0.3) is 27.8 Å². The molecule has 135 heavy (non-hydrogen) atoms. The number of carbonyl (C=O) groups is 6. The number of hydrogen-bond donors (Lipinski definition) is 13. The molecule has 33 heteroatoms. The van der Waals surface area contributed by atoms with Crippen molar-refractivity contribution in [1.82, 2.24) is 40.0 Å². The number of β-amino-alcohol motifs (C(OH)–C–C–N with tert-alkyl or cyclic N) is 1. The Morgan fingerprint density at radius 3 is 1.06 bits per heavy atom. The topological polar surface area (TPSA) is 467 Å². The number of morpholine rings is 1. The Morgan fingerprint density at radius 2 is 0.763 bits per heavy atom. The van der Waals surface area contributed by atoms with E-state index in [0.29, 0.717) is 104 Å². The molecule has 0 saturated carbocycles. The van der Waals surface area contributed by atoms with E-state index in [1.54, 1.807) is 0 Å². The van der Waals surface area contributed by atoms with Crippen LogP contribution in [0.15, 0.2) is 176 Å². The monoisotopic (exact) mass is 1840 g/mol. The lowest BCUT2D eigenvalue weighted by Crippen LogP contribution is -2.50. The van der Waals surface area contributed by atoms with E-state index in [4.69, 9.17) is 30.5 Å². The zero-order valence-corrected chi connectivity index (χ0v) is 77.5. The molecular formula is C102H120N14O19. The minimum atomic E-state index is -1.23. The van der Waals surface area contributed by atoms with Gasteiger partial charge >= 0.3 is 35.9 Å². The molecule has 33 nitrogen and oxygen atoms in total. The summed E-state index contributed by atoms with van der Waals surface area (Å²) >= 11 is 0. The fourth-order valence-electron chi connectivity index (χ4n) is 19.4. The summed E-state index contributed by atoms with van der Waals surface area (Å²) in [5.41, 5.74) is 18.6. The van der Waals surface area contributed by atoms with E-state index in [9.17, 15) is 68.1 Å². The van der Waals surface area contributed by atoms with Crippen LogP contribution in [0.25, 0.3) is 56.3 Å². The fraction of sp³-hybridized carbons (Fsp3) is 0.402. The van der Waals surface area contributed by atoms with Crippen molar-refractivity contribution >= 4 is 64.4 Å². The van der Waals surface area contributed by atoms with Gasteiger partial charge in [-0.1, -0.05) is 95.3 Å². The molecule has 1 amide bonds. The third-order valence-electron chi connectivity index (χ3n) is 26.7. The maximum atomic E-state index is 12.5. The third kappa shape index (κ3) is 22.2. The van der Waals surface area contributed by atoms with E-state index in [1.807, 2.05) is 150 Å². The maximum absolute atomic E-state index is 12.5. The Balaban J connectivity index is 0.000000136. The molecule has 0 aliphatic carbocycles. The average molecular weight is 1850 g/mol. The number of nitrogens with zero attached hydrogens (tertiary/aromatic N) is 7. The Bertz CT molecular complexity index is 6310. The summed E-state index contributed by atoms with van der Waals surface area (Å²) in [6.07, 6.45) is 8.06. The van der Waals surface area contributed by atoms with Gasteiger partial charge in [-0.15, -0.1) is 0 Å². The lowest BCUT2D eigenvalue weighted by molar-refractivity contribution is 0.0208. The van der Waals surface area contributed by atoms with Crippen molar-refractivity contribution in [2.45, 2.75) is 181 Å². The van der Waals surface area contributed by atoms with Crippen LogP contribution in [-0.4, -0.2) is 241 Å². The molecule has 13 heterocycles. The largest absolute Gasteiger partial charge is 0.477 e. The number of likely N-dealkylation sites (tertiary alicyclic amines) is 1. The van der Waals surface area contributed by atoms with Crippen molar-refractivity contribution in [1.29, 1.82) is 0 Å². The minimum Gasteiger partial charge on any atom is -0.477 e. The van der Waals surface area contributed by atoms with Gasteiger partial charge in [-0.2, -0.15) is 0 Å². The molecule has 8 atom stereocenters. The highest BCUT2D eigenvalue weighted by molar-refractivity contribution is 5.91. The first kappa shape index (κ1) is 97.3. The van der Waals surface area contributed by atoms with Crippen LogP contribution in [0.4, 0.5) is 33.2 Å². The highest BCUT2D eigenvalue weighted by Crippen LogP contribution is 2.39. The van der Waals surface area contributed by atoms with Crippen LogP contribution < -0.4 is 63.3 Å². The van der Waals surface area contributed by atoms with Gasteiger partial charge in [0.1, 0.15) is 33.4 Å². The number of nitrogens with one attached hydrogen (secondary N) is 6. The lowest BCUT2D eigenvalue weighted by Gasteiger charge is -2.36. The predicted octanol–water partition coefficient (Wildman–Crippen LogP) is 11.7. The zero-order chi connectivity index (χ0) is 96.5. The number of benzene rings is 5. The van der Waals surface area contributed by atoms with Crippen LogP contribution in [0.3, 0.4) is 0 Å². The number of fused-ring (bicyclic) bond motifs is 4. The van der Waals surface area contributed by atoms with Gasteiger partial charge in [0.2, 0.25) is 0 Å². The maximum Gasteiger partial charge on any atom is 0.410 e. The number of aromatic carboxylic acids is 5. The molecule has 4 bridgehead atoms. The second-order valence-corrected chi connectivity index (χ2v) is 36.4. The highest BCUT2D eigenvalue weighted by atomic mass is 16.6. The van der Waals surface area contributed by atoms with E-state index in [2.05, 4.69) is 98.1 Å². The molecule has 18 rings (SSSR count). The van der Waals surface area contributed by atoms with Crippen LogP contribution in [0.1, 0.15) is 174 Å². The van der Waals surface area contributed by atoms with Gasteiger partial charge in [0.15, 0.2) is 0 Å². The molecule has 10 aromatic rings. The van der Waals surface area contributed by atoms with Crippen LogP contribution >= 0.6 is 0 Å². The number of piperazine rings is 2. The van der Waals surface area contributed by atoms with Gasteiger partial charge in [0, 0.05) is 137 Å². The minimum absolute atomic E-state index is 0.140. The smallest absolute Gasteiger partial charge is 0.410 e. The van der Waals surface area contributed by atoms with Crippen LogP contribution in [0, 0.1) is 0 Å². The molecule has 8 aliphatic heterocycles. The van der Waals surface area contributed by atoms with E-state index in [1.165, 1.54) is 66.7 Å². The second-order valence-electron chi connectivity index (χ2n) is 36.4. The van der Waals surface area contributed by atoms with Gasteiger partial charge in [0.05, 0.1) is 53.8 Å². The SMILES string of the molecule is CCc1cc(C(=O)O)c(=O)[nH]c1-c1ccc(N2CC3CC2CN3)cc1.CCc1cc(C(=O)O)c(=O)[nH]c1-c1ccc(N2CC3CC2CN3C(=O)OC(C)(C)C)cc1.CCc1cc(C(=O)O)c(=O)[nH]c1-c1ccc(N2CCC(N3CCOCC3)C2)cc1.CCc1cc(C(=O)O)c(=O)[nH]c1-c1ccc(N2CCCC2C)cc1.CCc1cc(C(=O)O)c(=O)[nH]c1-c1ccc(N2C[C@@H](O)[C@@H](N)C2)cc1. The number of aromatic nitrogens is 5. The Morgan fingerprint density at radius 1 is 0.407 bits per heavy atom. The van der Waals surface area contributed by atoms with Crippen molar-refractivity contribution in [3.63, 3.8) is 0 Å². The summed E-state index contributed by atoms with van der Waals surface area (Å²) < 4.78 is 11.0. The number of aliphatic hydroxyl groups excluding tert-OH is 1. The van der Waals surface area contributed by atoms with E-state index < -0.39 is 69.3 Å². The number of pyridine rings is 5. The first-order valence-electron chi connectivity index (χ1n) is 46.4. The zero-order valence-electron chi connectivity index (χ0n) is 77.5. The summed E-state index contributed by atoms with van der Waals surface area (Å²) in [4.78, 5) is 158. The van der Waals surface area contributed by atoms with Crippen molar-refractivity contribution in [2.75, 3.05) is 110 Å². The molecule has 5 aromatic carbocycles. The summed E-state index contributed by atoms with van der Waals surface area (Å²) in [6, 6.07) is 49.7. The van der Waals surface area contributed by atoms with E-state index >= 15 is 0 Å². The molecule has 8 aliphatic rings. The number of hydrogen-bond acceptors (Lipinski definition) is 22. The number of carbonyl (C=O) groups excluding carboxylic acids is 1. The van der Waals surface area contributed by atoms with Crippen molar-refractivity contribution in [3.8, 4) is 56.3 Å². The molecule has 8 saturated heterocycles. The van der Waals surface area contributed by atoms with E-state index in [-0.39, 0.29) is 52.0 Å². The number of aliphatic hydroxyl groups is 1. The quantitative estimate of drug-likeness (QED) is 0.0318. The molecule has 6 unspecified atom stereocenters. The summed E-state index contributed by atoms with van der Waals surface area (Å²) in [5.74, 6) is -6.06. The number of anilines is 5. The van der Waals surface area contributed by atoms with E-state index in [0.717, 1.165) is 145 Å². The highest BCUT2D eigenvalue weighted by Gasteiger charge is 2.47. The van der Waals surface area contributed by atoms with Crippen LogP contribution in [-0.2, 0) is 41.6 Å². The molecule has 0 radical (unpaired) electrons. The van der Waals surface area contributed by atoms with Crippen LogP contribution in [0.2, 0.25) is 0 Å². The molecule has 5 aromatic heterocycles. The van der Waals surface area contributed by atoms with Gasteiger partial charge in [-0.05, 0) is 239 Å². The average Bonchev–Trinajstić information content (AvgIpc) is 1.63. The number of carboxylic acids is 5. The molecular weight excluding hydrogens is 1730 g/mol. The number of aryl methyl sites for hydroxylation is 5. The molecule has 8 fully saturated rings. The first-order valence-corrected chi connectivity index (χ1v) is 46.4. The number of nitrogens with two attached hydrogens (primary N) is 1. The Kier molecular flexibility index (Phi) is 30.4. The lowest BCUT2D eigenvalue weighted by atomic mass is 10.0. The number of amides is 1. The van der Waals surface area contributed by atoms with Gasteiger partial charge in [-0.3, -0.25) is 28.9 Å². The number of carboxylic acid groups (broad SMARTS) is 5. The second kappa shape index (κ2) is 42.2. The molecule has 14 N–H and O–H groups in total. The van der Waals surface area contributed by atoms with Crippen molar-refractivity contribution in [3.05, 3.63) is 259 Å². The van der Waals surface area contributed by atoms with Gasteiger partial charge < -0.3 is 105 Å². The Hall–Kier alpha value is -13.7. The van der Waals surface area contributed by atoms with Crippen molar-refractivity contribution < 1.29 is 68.9 Å². The van der Waals surface area contributed by atoms with Crippen molar-refractivity contribution in [2.24, 2.45) is 5.73 Å². The van der Waals surface area contributed by atoms with Crippen LogP contribution in [0.5, 0.6) is 0 Å². The number of ether oxygens (including phenoxy) is 2. The normalized spacial score (nSPS) is 19.9. The molecule has 0 spiro atoms.